The van der Waals surface area contributed by atoms with Crippen molar-refractivity contribution < 1.29 is 14.1 Å². The van der Waals surface area contributed by atoms with E-state index < -0.39 is 15.7 Å². The second kappa shape index (κ2) is 4.87. The number of carbonyl (C=O) groups is 1. The first-order valence-corrected chi connectivity index (χ1v) is 7.00. The van der Waals surface area contributed by atoms with Gasteiger partial charge in [-0.2, -0.15) is 0 Å². The predicted molar refractivity (Wildman–Crippen MR) is 66.8 cm³/mol. The topological polar surface area (TPSA) is 78.2 Å². The summed E-state index contributed by atoms with van der Waals surface area (Å²) >= 11 is 0. The van der Waals surface area contributed by atoms with Crippen molar-refractivity contribution >= 4 is 15.7 Å². The zero-order valence-electron chi connectivity index (χ0n) is 10.1. The Labute approximate surface area is 102 Å². The lowest BCUT2D eigenvalue weighted by Crippen LogP contribution is -2.22. The molecule has 0 aromatic heterocycles. The highest BCUT2D eigenvalue weighted by Gasteiger charge is 2.22. The van der Waals surface area contributed by atoms with Crippen LogP contribution in [0.15, 0.2) is 29.2 Å². The summed E-state index contributed by atoms with van der Waals surface area (Å²) in [6, 6.07) is 5.72. The number of benzene rings is 1. The van der Waals surface area contributed by atoms with Crippen LogP contribution < -0.4 is 0 Å². The number of nitrogens with one attached hydrogen (secondary N) is 1. The third-order valence-corrected chi connectivity index (χ3v) is 5.48. The molecule has 17 heavy (non-hydrogen) atoms. The second-order valence-electron chi connectivity index (χ2n) is 4.38. The van der Waals surface area contributed by atoms with Gasteiger partial charge in [-0.25, -0.2) is 13.8 Å². The van der Waals surface area contributed by atoms with Crippen LogP contribution in [0.2, 0.25) is 0 Å². The zero-order chi connectivity index (χ0) is 13.2. The molecule has 5 heteroatoms. The molecule has 1 aromatic rings. The van der Waals surface area contributed by atoms with E-state index in [9.17, 15) is 9.00 Å². The number of hydrogen-bond donors (Lipinski definition) is 2. The molecule has 0 radical (unpaired) electrons. The molecule has 0 saturated heterocycles. The summed E-state index contributed by atoms with van der Waals surface area (Å²) in [6.45, 7) is 5.63. The molecular formula is C12H17NO3S. The molecular weight excluding hydrogens is 238 g/mol. The van der Waals surface area contributed by atoms with Crippen molar-refractivity contribution in [3.05, 3.63) is 29.8 Å². The molecule has 0 aliphatic carbocycles. The van der Waals surface area contributed by atoms with E-state index in [1.54, 1.807) is 6.92 Å². The van der Waals surface area contributed by atoms with Crippen molar-refractivity contribution in [3.63, 3.8) is 0 Å². The highest BCUT2D eigenvalue weighted by Crippen LogP contribution is 2.22. The molecule has 4 nitrogen and oxygen atoms in total. The standard InChI is InChI=1S/C12H17NO3S/c1-8(2)9(3)17(13,16)11-6-4-10(5-7-11)12(14)15/h4-9,13H,1-3H3,(H,14,15)/t9-,17?/m0/s1. The van der Waals surface area contributed by atoms with Gasteiger partial charge < -0.3 is 5.11 Å². The Morgan fingerprint density at radius 2 is 1.71 bits per heavy atom. The van der Waals surface area contributed by atoms with E-state index in [0.29, 0.717) is 4.90 Å². The van der Waals surface area contributed by atoms with Gasteiger partial charge in [-0.05, 0) is 37.1 Å². The summed E-state index contributed by atoms with van der Waals surface area (Å²) in [6.07, 6.45) is 0. The van der Waals surface area contributed by atoms with E-state index in [4.69, 9.17) is 9.89 Å². The van der Waals surface area contributed by atoms with Gasteiger partial charge in [0.2, 0.25) is 0 Å². The highest BCUT2D eigenvalue weighted by atomic mass is 32.2. The minimum Gasteiger partial charge on any atom is -0.478 e. The molecule has 0 bridgehead atoms. The smallest absolute Gasteiger partial charge is 0.335 e. The molecule has 0 saturated carbocycles. The van der Waals surface area contributed by atoms with Crippen LogP contribution in [0.4, 0.5) is 0 Å². The second-order valence-corrected chi connectivity index (χ2v) is 6.80. The summed E-state index contributed by atoms with van der Waals surface area (Å²) in [5.41, 5.74) is 0.140. The maximum Gasteiger partial charge on any atom is 0.335 e. The van der Waals surface area contributed by atoms with Gasteiger partial charge in [-0.1, -0.05) is 13.8 Å². The van der Waals surface area contributed by atoms with Gasteiger partial charge >= 0.3 is 5.97 Å². The molecule has 0 aliphatic rings. The monoisotopic (exact) mass is 255 g/mol. The first-order chi connectivity index (χ1) is 7.76. The fraction of sp³-hybridized carbons (Fsp3) is 0.417. The number of hydrogen-bond acceptors (Lipinski definition) is 3. The fourth-order valence-corrected chi connectivity index (χ4v) is 3.13. The third-order valence-electron chi connectivity index (χ3n) is 2.91. The van der Waals surface area contributed by atoms with Crippen molar-refractivity contribution in [2.45, 2.75) is 30.9 Å². The number of carboxylic acid groups (broad SMARTS) is 1. The normalized spacial score (nSPS) is 16.5. The average molecular weight is 255 g/mol. The lowest BCUT2D eigenvalue weighted by atomic mass is 10.2. The molecule has 0 fully saturated rings. The van der Waals surface area contributed by atoms with Crippen molar-refractivity contribution in [3.8, 4) is 0 Å². The summed E-state index contributed by atoms with van der Waals surface area (Å²) in [7, 11) is -2.87. The lowest BCUT2D eigenvalue weighted by molar-refractivity contribution is 0.0697. The summed E-state index contributed by atoms with van der Waals surface area (Å²) in [5, 5.41) is 8.49. The predicted octanol–water partition coefficient (Wildman–Crippen LogP) is 2.83. The summed E-state index contributed by atoms with van der Waals surface area (Å²) in [4.78, 5) is 11.1. The first-order valence-electron chi connectivity index (χ1n) is 5.38. The van der Waals surface area contributed by atoms with Crippen LogP contribution >= 0.6 is 0 Å². The quantitative estimate of drug-likeness (QED) is 0.868. The number of rotatable bonds is 4. The molecule has 0 heterocycles. The minimum absolute atomic E-state index is 0.138. The highest BCUT2D eigenvalue weighted by molar-refractivity contribution is 7.93. The van der Waals surface area contributed by atoms with Gasteiger partial charge in [0, 0.05) is 10.1 Å². The van der Waals surface area contributed by atoms with Crippen LogP contribution in [0, 0.1) is 10.7 Å². The molecule has 2 atom stereocenters. The van der Waals surface area contributed by atoms with Gasteiger partial charge in [0.15, 0.2) is 0 Å². The van der Waals surface area contributed by atoms with Gasteiger partial charge in [0.25, 0.3) is 0 Å². The molecule has 0 aliphatic heterocycles. The average Bonchev–Trinajstić information content (AvgIpc) is 2.27. The van der Waals surface area contributed by atoms with Crippen LogP contribution in [-0.2, 0) is 9.73 Å². The molecule has 2 N–H and O–H groups in total. The lowest BCUT2D eigenvalue weighted by Gasteiger charge is -2.19. The van der Waals surface area contributed by atoms with E-state index in [0.717, 1.165) is 0 Å². The Hall–Kier alpha value is -1.36. The fourth-order valence-electron chi connectivity index (χ4n) is 1.40. The molecule has 1 aromatic carbocycles. The summed E-state index contributed by atoms with van der Waals surface area (Å²) < 4.78 is 20.3. The molecule has 1 unspecified atom stereocenters. The van der Waals surface area contributed by atoms with Crippen molar-refractivity contribution in [1.82, 2.24) is 0 Å². The minimum atomic E-state index is -2.87. The first kappa shape index (κ1) is 13.7. The van der Waals surface area contributed by atoms with Gasteiger partial charge in [0.05, 0.1) is 15.3 Å². The van der Waals surface area contributed by atoms with E-state index >= 15 is 0 Å². The Kier molecular flexibility index (Phi) is 3.93. The van der Waals surface area contributed by atoms with E-state index in [1.807, 2.05) is 13.8 Å². The van der Waals surface area contributed by atoms with Crippen molar-refractivity contribution in [2.75, 3.05) is 0 Å². The molecule has 0 amide bonds. The maximum atomic E-state index is 12.3. The van der Waals surface area contributed by atoms with Gasteiger partial charge in [0.1, 0.15) is 0 Å². The Morgan fingerprint density at radius 3 is 2.06 bits per heavy atom. The largest absolute Gasteiger partial charge is 0.478 e. The van der Waals surface area contributed by atoms with E-state index in [-0.39, 0.29) is 16.7 Å². The van der Waals surface area contributed by atoms with E-state index in [2.05, 4.69) is 0 Å². The van der Waals surface area contributed by atoms with Crippen LogP contribution in [0.5, 0.6) is 0 Å². The van der Waals surface area contributed by atoms with Crippen molar-refractivity contribution in [2.24, 2.45) is 5.92 Å². The van der Waals surface area contributed by atoms with Crippen LogP contribution in [0.1, 0.15) is 31.1 Å². The van der Waals surface area contributed by atoms with Crippen LogP contribution in [0.25, 0.3) is 0 Å². The molecule has 94 valence electrons. The number of carboxylic acids is 1. The number of aromatic carboxylic acids is 1. The van der Waals surface area contributed by atoms with Crippen LogP contribution in [0.3, 0.4) is 0 Å². The molecule has 1 rings (SSSR count). The third kappa shape index (κ3) is 2.85. The van der Waals surface area contributed by atoms with Gasteiger partial charge in [-0.3, -0.25) is 0 Å². The summed E-state index contributed by atoms with van der Waals surface area (Å²) in [5.74, 6) is -0.885. The van der Waals surface area contributed by atoms with E-state index in [1.165, 1.54) is 24.3 Å². The molecule has 0 spiro atoms. The van der Waals surface area contributed by atoms with Crippen molar-refractivity contribution in [1.29, 1.82) is 4.78 Å². The maximum absolute atomic E-state index is 12.3. The Balaban J connectivity index is 3.13. The Bertz CT molecular complexity index is 503. The van der Waals surface area contributed by atoms with Gasteiger partial charge in [-0.15, -0.1) is 0 Å². The SMILES string of the molecule is CC(C)[C@H](C)S(=N)(=O)c1ccc(C(=O)O)cc1. The zero-order valence-corrected chi connectivity index (χ0v) is 11.0. The van der Waals surface area contributed by atoms with Crippen LogP contribution in [-0.4, -0.2) is 20.5 Å². The Morgan fingerprint density at radius 1 is 1.24 bits per heavy atom.